The van der Waals surface area contributed by atoms with Crippen LogP contribution in [0.2, 0.25) is 0 Å². The Labute approximate surface area is 108 Å². The standard InChI is InChI=1S/C7H6N4O.C4H10.C2H6/c12-4-9-7-1-5-2-10-11-6(5)3-8-7;1-4(2)3;1-2/h1-4H,(H,10,11)(H,8,9,12);4H,1-3H3;1-2H3. The topological polar surface area (TPSA) is 70.7 Å². The molecule has 0 atom stereocenters. The number of hydrogen-bond acceptors (Lipinski definition) is 3. The van der Waals surface area contributed by atoms with E-state index >= 15 is 0 Å². The number of anilines is 1. The molecule has 18 heavy (non-hydrogen) atoms. The molecule has 0 fully saturated rings. The van der Waals surface area contributed by atoms with Gasteiger partial charge in [0.1, 0.15) is 5.82 Å². The fourth-order valence-corrected chi connectivity index (χ4v) is 0.982. The van der Waals surface area contributed by atoms with E-state index in [1.54, 1.807) is 18.5 Å². The first-order valence-corrected chi connectivity index (χ1v) is 6.12. The maximum Gasteiger partial charge on any atom is 0.212 e. The highest BCUT2D eigenvalue weighted by Gasteiger charge is 1.97. The summed E-state index contributed by atoms with van der Waals surface area (Å²) >= 11 is 0. The number of amides is 1. The van der Waals surface area contributed by atoms with Crippen molar-refractivity contribution < 1.29 is 4.79 Å². The van der Waals surface area contributed by atoms with E-state index in [1.807, 2.05) is 13.8 Å². The molecule has 1 amide bonds. The van der Waals surface area contributed by atoms with Crippen LogP contribution >= 0.6 is 0 Å². The normalized spacial score (nSPS) is 9.00. The molecule has 2 heterocycles. The van der Waals surface area contributed by atoms with Crippen molar-refractivity contribution >= 4 is 23.1 Å². The van der Waals surface area contributed by atoms with E-state index in [9.17, 15) is 4.79 Å². The smallest absolute Gasteiger partial charge is 0.212 e. The zero-order chi connectivity index (χ0) is 14.0. The minimum absolute atomic E-state index is 0.527. The lowest BCUT2D eigenvalue weighted by Gasteiger charge is -1.94. The third kappa shape index (κ3) is 5.98. The lowest BCUT2D eigenvalue weighted by Crippen LogP contribution is -1.95. The third-order valence-electron chi connectivity index (χ3n) is 1.53. The molecule has 0 aromatic carbocycles. The molecule has 0 aliphatic rings. The first kappa shape index (κ1) is 16.1. The van der Waals surface area contributed by atoms with Crippen LogP contribution in [0.1, 0.15) is 34.6 Å². The molecule has 5 nitrogen and oxygen atoms in total. The van der Waals surface area contributed by atoms with Gasteiger partial charge in [-0.3, -0.25) is 9.89 Å². The van der Waals surface area contributed by atoms with E-state index in [0.29, 0.717) is 12.2 Å². The highest BCUT2D eigenvalue weighted by Crippen LogP contribution is 2.12. The molecule has 2 rings (SSSR count). The van der Waals surface area contributed by atoms with Crippen LogP contribution in [0.25, 0.3) is 10.9 Å². The van der Waals surface area contributed by atoms with Gasteiger partial charge in [0.05, 0.1) is 17.9 Å². The molecule has 2 aromatic rings. The molecule has 0 saturated carbocycles. The van der Waals surface area contributed by atoms with Crippen LogP contribution in [0.15, 0.2) is 18.5 Å². The number of aromatic nitrogens is 3. The van der Waals surface area contributed by atoms with Crippen LogP contribution in [-0.2, 0) is 4.79 Å². The Hall–Kier alpha value is -1.91. The fraction of sp³-hybridized carbons (Fsp3) is 0.462. The van der Waals surface area contributed by atoms with Gasteiger partial charge in [-0.25, -0.2) is 4.98 Å². The van der Waals surface area contributed by atoms with E-state index in [1.165, 1.54) is 0 Å². The molecule has 0 saturated heterocycles. The molecule has 0 unspecified atom stereocenters. The Morgan fingerprint density at radius 2 is 1.89 bits per heavy atom. The SMILES string of the molecule is CC.CC(C)C.O=CNc1cc2cn[nH]c2cn1. The van der Waals surface area contributed by atoms with E-state index in [4.69, 9.17) is 0 Å². The predicted molar refractivity (Wildman–Crippen MR) is 75.4 cm³/mol. The van der Waals surface area contributed by atoms with Crippen molar-refractivity contribution in [3.63, 3.8) is 0 Å². The minimum Gasteiger partial charge on any atom is -0.313 e. The Morgan fingerprint density at radius 3 is 2.44 bits per heavy atom. The number of H-pyrrole nitrogens is 1. The first-order valence-electron chi connectivity index (χ1n) is 6.12. The number of rotatable bonds is 2. The zero-order valence-electron chi connectivity index (χ0n) is 11.7. The summed E-state index contributed by atoms with van der Waals surface area (Å²) in [5.74, 6) is 1.36. The number of aromatic amines is 1. The van der Waals surface area contributed by atoms with Crippen molar-refractivity contribution in [2.45, 2.75) is 34.6 Å². The van der Waals surface area contributed by atoms with Gasteiger partial charge in [0.15, 0.2) is 0 Å². The van der Waals surface area contributed by atoms with Crippen LogP contribution in [0.3, 0.4) is 0 Å². The van der Waals surface area contributed by atoms with Crippen molar-refractivity contribution in [3.05, 3.63) is 18.5 Å². The summed E-state index contributed by atoms with van der Waals surface area (Å²) in [6, 6.07) is 1.74. The molecule has 0 aliphatic carbocycles. The van der Waals surface area contributed by atoms with Gasteiger partial charge in [0.2, 0.25) is 6.41 Å². The highest BCUT2D eigenvalue weighted by molar-refractivity contribution is 5.82. The number of carbonyl (C=O) groups excluding carboxylic acids is 1. The van der Waals surface area contributed by atoms with Crippen LogP contribution in [0.4, 0.5) is 5.82 Å². The molecule has 2 aromatic heterocycles. The van der Waals surface area contributed by atoms with Crippen LogP contribution < -0.4 is 5.32 Å². The predicted octanol–water partition coefficient (Wildman–Crippen LogP) is 3.21. The second-order valence-electron chi connectivity index (χ2n) is 4.02. The maximum absolute atomic E-state index is 10.1. The van der Waals surface area contributed by atoms with E-state index in [-0.39, 0.29) is 0 Å². The largest absolute Gasteiger partial charge is 0.313 e. The average molecular weight is 250 g/mol. The molecule has 0 aliphatic heterocycles. The maximum atomic E-state index is 10.1. The van der Waals surface area contributed by atoms with Gasteiger partial charge >= 0.3 is 0 Å². The Balaban J connectivity index is 0.000000415. The third-order valence-corrected chi connectivity index (χ3v) is 1.53. The van der Waals surface area contributed by atoms with Gasteiger partial charge in [-0.15, -0.1) is 0 Å². The molecular weight excluding hydrogens is 228 g/mol. The van der Waals surface area contributed by atoms with Gasteiger partial charge in [-0.2, -0.15) is 5.10 Å². The summed E-state index contributed by atoms with van der Waals surface area (Å²) in [4.78, 5) is 14.0. The minimum atomic E-state index is 0.527. The van der Waals surface area contributed by atoms with E-state index in [0.717, 1.165) is 16.8 Å². The number of nitrogens with zero attached hydrogens (tertiary/aromatic N) is 2. The quantitative estimate of drug-likeness (QED) is 0.804. The second-order valence-corrected chi connectivity index (χ2v) is 4.02. The molecule has 0 radical (unpaired) electrons. The van der Waals surface area contributed by atoms with Crippen LogP contribution in [0.5, 0.6) is 0 Å². The number of fused-ring (bicyclic) bond motifs is 1. The molecule has 2 N–H and O–H groups in total. The van der Waals surface area contributed by atoms with Crippen molar-refractivity contribution in [3.8, 4) is 0 Å². The number of carbonyl (C=O) groups is 1. The first-order chi connectivity index (χ1) is 8.63. The summed E-state index contributed by atoms with van der Waals surface area (Å²) in [6.45, 7) is 10.5. The average Bonchev–Trinajstić information content (AvgIpc) is 2.78. The summed E-state index contributed by atoms with van der Waals surface area (Å²) in [5.41, 5.74) is 0.853. The monoisotopic (exact) mass is 250 g/mol. The van der Waals surface area contributed by atoms with Crippen LogP contribution in [0, 0.1) is 5.92 Å². The van der Waals surface area contributed by atoms with E-state index in [2.05, 4.69) is 41.3 Å². The highest BCUT2D eigenvalue weighted by atomic mass is 16.1. The number of pyridine rings is 1. The Morgan fingerprint density at radius 1 is 1.28 bits per heavy atom. The molecule has 100 valence electrons. The number of hydrogen-bond donors (Lipinski definition) is 2. The summed E-state index contributed by atoms with van der Waals surface area (Å²) < 4.78 is 0. The lowest BCUT2D eigenvalue weighted by molar-refractivity contribution is -0.105. The molecular formula is C13H22N4O. The summed E-state index contributed by atoms with van der Waals surface area (Å²) in [6.07, 6.45) is 3.88. The van der Waals surface area contributed by atoms with Crippen molar-refractivity contribution in [1.29, 1.82) is 0 Å². The van der Waals surface area contributed by atoms with Crippen LogP contribution in [-0.4, -0.2) is 21.6 Å². The van der Waals surface area contributed by atoms with Crippen molar-refractivity contribution in [2.24, 2.45) is 5.92 Å². The molecule has 0 spiro atoms. The van der Waals surface area contributed by atoms with Gasteiger partial charge in [-0.05, 0) is 12.0 Å². The fourth-order valence-electron chi connectivity index (χ4n) is 0.982. The number of nitrogens with one attached hydrogen (secondary N) is 2. The van der Waals surface area contributed by atoms with Gasteiger partial charge in [0, 0.05) is 5.39 Å². The summed E-state index contributed by atoms with van der Waals surface area (Å²) in [7, 11) is 0. The Kier molecular flexibility index (Phi) is 8.18. The van der Waals surface area contributed by atoms with Gasteiger partial charge < -0.3 is 5.32 Å². The molecule has 0 bridgehead atoms. The second kappa shape index (κ2) is 9.15. The van der Waals surface area contributed by atoms with Gasteiger partial charge in [-0.1, -0.05) is 34.6 Å². The lowest BCUT2D eigenvalue weighted by atomic mass is 10.3. The molecule has 5 heteroatoms. The van der Waals surface area contributed by atoms with E-state index < -0.39 is 0 Å². The van der Waals surface area contributed by atoms with Gasteiger partial charge in [0.25, 0.3) is 0 Å². The van der Waals surface area contributed by atoms with Crippen molar-refractivity contribution in [1.82, 2.24) is 15.2 Å². The van der Waals surface area contributed by atoms with Crippen molar-refractivity contribution in [2.75, 3.05) is 5.32 Å². The summed E-state index contributed by atoms with van der Waals surface area (Å²) in [5, 5.41) is 9.96. The zero-order valence-corrected chi connectivity index (χ0v) is 11.7. The Bertz CT molecular complexity index is 448.